The molecule has 0 bridgehead atoms. The molecule has 0 unspecified atom stereocenters. The van der Waals surface area contributed by atoms with E-state index in [1.165, 1.54) is 9.75 Å². The Labute approximate surface area is 91.7 Å². The van der Waals surface area contributed by atoms with Crippen molar-refractivity contribution in [3.8, 4) is 10.6 Å². The van der Waals surface area contributed by atoms with Gasteiger partial charge in [0, 0.05) is 4.88 Å². The van der Waals surface area contributed by atoms with Gasteiger partial charge in [-0.25, -0.2) is 4.98 Å². The quantitative estimate of drug-likeness (QED) is 0.748. The summed E-state index contributed by atoms with van der Waals surface area (Å²) in [5.74, 6) is 0.860. The fourth-order valence-electron chi connectivity index (χ4n) is 1.29. The molecule has 2 aromatic rings. The minimum atomic E-state index is 0.641. The van der Waals surface area contributed by atoms with Crippen LogP contribution >= 0.6 is 23.6 Å². The van der Waals surface area contributed by atoms with Crippen LogP contribution < -0.4 is 0 Å². The predicted octanol–water partition coefficient (Wildman–Crippen LogP) is 3.48. The SMILES string of the molecule is Cc1nc(=S)cc(-c2ccc(C)s2)[nH]1. The lowest BCUT2D eigenvalue weighted by Gasteiger charge is -1.99. The maximum atomic E-state index is 5.07. The highest BCUT2D eigenvalue weighted by atomic mass is 32.1. The molecule has 2 aromatic heterocycles. The van der Waals surface area contributed by atoms with Gasteiger partial charge in [0.05, 0.1) is 10.6 Å². The molecule has 4 heteroatoms. The molecule has 0 aliphatic carbocycles. The predicted molar refractivity (Wildman–Crippen MR) is 62.2 cm³/mol. The Kier molecular flexibility index (Phi) is 2.48. The number of aryl methyl sites for hydroxylation is 2. The number of nitrogens with zero attached hydrogens (tertiary/aromatic N) is 1. The van der Waals surface area contributed by atoms with Gasteiger partial charge in [0.1, 0.15) is 10.5 Å². The molecule has 2 nitrogen and oxygen atoms in total. The Morgan fingerprint density at radius 1 is 1.36 bits per heavy atom. The van der Waals surface area contributed by atoms with Crippen molar-refractivity contribution in [2.24, 2.45) is 0 Å². The van der Waals surface area contributed by atoms with Crippen LogP contribution in [-0.4, -0.2) is 9.97 Å². The van der Waals surface area contributed by atoms with Crippen LogP contribution in [0.4, 0.5) is 0 Å². The number of H-pyrrole nitrogens is 1. The molecule has 0 aliphatic rings. The molecule has 0 saturated carbocycles. The van der Waals surface area contributed by atoms with Gasteiger partial charge in [0.15, 0.2) is 0 Å². The van der Waals surface area contributed by atoms with Crippen molar-refractivity contribution in [3.05, 3.63) is 33.5 Å². The lowest BCUT2D eigenvalue weighted by molar-refractivity contribution is 1.05. The third-order valence-electron chi connectivity index (χ3n) is 1.87. The second-order valence-electron chi connectivity index (χ2n) is 3.13. The lowest BCUT2D eigenvalue weighted by atomic mass is 10.3. The van der Waals surface area contributed by atoms with E-state index >= 15 is 0 Å². The van der Waals surface area contributed by atoms with E-state index in [1.54, 1.807) is 11.3 Å². The van der Waals surface area contributed by atoms with Crippen molar-refractivity contribution in [1.29, 1.82) is 0 Å². The molecular formula is C10H10N2S2. The molecule has 0 aromatic carbocycles. The molecule has 72 valence electrons. The first-order chi connectivity index (χ1) is 6.65. The van der Waals surface area contributed by atoms with Crippen molar-refractivity contribution in [3.63, 3.8) is 0 Å². The Morgan fingerprint density at radius 2 is 2.14 bits per heavy atom. The summed E-state index contributed by atoms with van der Waals surface area (Å²) in [6, 6.07) is 6.10. The van der Waals surface area contributed by atoms with Gasteiger partial charge in [0.2, 0.25) is 0 Å². The average molecular weight is 222 g/mol. The van der Waals surface area contributed by atoms with E-state index in [0.29, 0.717) is 4.64 Å². The van der Waals surface area contributed by atoms with E-state index < -0.39 is 0 Å². The highest BCUT2D eigenvalue weighted by molar-refractivity contribution is 7.71. The van der Waals surface area contributed by atoms with E-state index in [1.807, 2.05) is 13.0 Å². The fourth-order valence-corrected chi connectivity index (χ4v) is 2.39. The largest absolute Gasteiger partial charge is 0.343 e. The zero-order valence-electron chi connectivity index (χ0n) is 8.00. The van der Waals surface area contributed by atoms with Crippen LogP contribution in [0.25, 0.3) is 10.6 Å². The molecule has 0 saturated heterocycles. The van der Waals surface area contributed by atoms with Crippen LogP contribution in [0.5, 0.6) is 0 Å². The van der Waals surface area contributed by atoms with Gasteiger partial charge in [-0.3, -0.25) is 0 Å². The molecule has 0 aliphatic heterocycles. The Bertz CT molecular complexity index is 511. The molecule has 2 heterocycles. The summed E-state index contributed by atoms with van der Waals surface area (Å²) in [5, 5.41) is 0. The van der Waals surface area contributed by atoms with Crippen molar-refractivity contribution in [2.75, 3.05) is 0 Å². The van der Waals surface area contributed by atoms with Gasteiger partial charge in [-0.05, 0) is 32.0 Å². The van der Waals surface area contributed by atoms with Crippen molar-refractivity contribution in [1.82, 2.24) is 9.97 Å². The van der Waals surface area contributed by atoms with Gasteiger partial charge in [-0.2, -0.15) is 0 Å². The third kappa shape index (κ3) is 1.91. The summed E-state index contributed by atoms with van der Waals surface area (Å²) in [4.78, 5) is 9.85. The lowest BCUT2D eigenvalue weighted by Crippen LogP contribution is -1.89. The number of nitrogens with one attached hydrogen (secondary N) is 1. The molecule has 1 N–H and O–H groups in total. The van der Waals surface area contributed by atoms with Crippen LogP contribution in [0.15, 0.2) is 18.2 Å². The maximum absolute atomic E-state index is 5.07. The first-order valence-electron chi connectivity index (χ1n) is 4.30. The van der Waals surface area contributed by atoms with Crippen molar-refractivity contribution in [2.45, 2.75) is 13.8 Å². The monoisotopic (exact) mass is 222 g/mol. The molecule has 0 radical (unpaired) electrons. The van der Waals surface area contributed by atoms with Crippen LogP contribution in [0.1, 0.15) is 10.7 Å². The Morgan fingerprint density at radius 3 is 2.71 bits per heavy atom. The van der Waals surface area contributed by atoms with Gasteiger partial charge in [-0.15, -0.1) is 11.3 Å². The summed E-state index contributed by atoms with van der Waals surface area (Å²) >= 11 is 6.82. The standard InChI is InChI=1S/C10H10N2S2/c1-6-3-4-9(14-6)8-5-10(13)12-7(2)11-8/h3-5H,1-2H3,(H,11,12,13). The maximum Gasteiger partial charge on any atom is 0.130 e. The van der Waals surface area contributed by atoms with E-state index in [-0.39, 0.29) is 0 Å². The third-order valence-corrected chi connectivity index (χ3v) is 3.11. The highest BCUT2D eigenvalue weighted by Gasteiger charge is 2.01. The van der Waals surface area contributed by atoms with E-state index in [2.05, 4.69) is 29.0 Å². The number of hydrogen-bond donors (Lipinski definition) is 1. The van der Waals surface area contributed by atoms with Gasteiger partial charge >= 0.3 is 0 Å². The first-order valence-corrected chi connectivity index (χ1v) is 5.52. The molecule has 0 fully saturated rings. The van der Waals surface area contributed by atoms with Gasteiger partial charge < -0.3 is 4.98 Å². The number of aromatic nitrogens is 2. The minimum Gasteiger partial charge on any atom is -0.343 e. The second kappa shape index (κ2) is 3.63. The number of aromatic amines is 1. The Balaban J connectivity index is 2.56. The van der Waals surface area contributed by atoms with Gasteiger partial charge in [0.25, 0.3) is 0 Å². The zero-order chi connectivity index (χ0) is 10.1. The number of hydrogen-bond acceptors (Lipinski definition) is 3. The summed E-state index contributed by atoms with van der Waals surface area (Å²) < 4.78 is 0.641. The topological polar surface area (TPSA) is 28.7 Å². The van der Waals surface area contributed by atoms with Crippen LogP contribution in [-0.2, 0) is 0 Å². The molecular weight excluding hydrogens is 212 g/mol. The van der Waals surface area contributed by atoms with Crippen molar-refractivity contribution >= 4 is 23.6 Å². The first kappa shape index (κ1) is 9.55. The molecule has 0 atom stereocenters. The molecule has 2 rings (SSSR count). The summed E-state index contributed by atoms with van der Waals surface area (Å²) in [7, 11) is 0. The van der Waals surface area contributed by atoms with Crippen molar-refractivity contribution < 1.29 is 0 Å². The fraction of sp³-hybridized carbons (Fsp3) is 0.200. The van der Waals surface area contributed by atoms with Gasteiger partial charge in [-0.1, -0.05) is 12.2 Å². The van der Waals surface area contributed by atoms with Crippen LogP contribution in [0, 0.1) is 18.5 Å². The Hall–Kier alpha value is -1.00. The molecule has 14 heavy (non-hydrogen) atoms. The minimum absolute atomic E-state index is 0.641. The average Bonchev–Trinajstić information content (AvgIpc) is 2.50. The smallest absolute Gasteiger partial charge is 0.130 e. The number of rotatable bonds is 1. The zero-order valence-corrected chi connectivity index (χ0v) is 9.63. The molecule has 0 spiro atoms. The van der Waals surface area contributed by atoms with E-state index in [9.17, 15) is 0 Å². The van der Waals surface area contributed by atoms with E-state index in [4.69, 9.17) is 12.2 Å². The van der Waals surface area contributed by atoms with E-state index in [0.717, 1.165) is 11.5 Å². The normalized spacial score (nSPS) is 10.4. The van der Waals surface area contributed by atoms with Crippen LogP contribution in [0.2, 0.25) is 0 Å². The number of thiophene rings is 1. The summed E-state index contributed by atoms with van der Waals surface area (Å²) in [6.45, 7) is 4.01. The van der Waals surface area contributed by atoms with Crippen LogP contribution in [0.3, 0.4) is 0 Å². The highest BCUT2D eigenvalue weighted by Crippen LogP contribution is 2.25. The molecule has 0 amide bonds. The second-order valence-corrected chi connectivity index (χ2v) is 4.83. The summed E-state index contributed by atoms with van der Waals surface area (Å²) in [6.07, 6.45) is 0. The summed E-state index contributed by atoms with van der Waals surface area (Å²) in [5.41, 5.74) is 1.06.